The minimum atomic E-state index is -0.980. The molecule has 0 heterocycles. The number of aryl methyl sites for hydroxylation is 1. The quantitative estimate of drug-likeness (QED) is 0.847. The Morgan fingerprint density at radius 1 is 1.15 bits per heavy atom. The lowest BCUT2D eigenvalue weighted by Crippen LogP contribution is -2.11. The summed E-state index contributed by atoms with van der Waals surface area (Å²) in [6.07, 6.45) is 0. The van der Waals surface area contributed by atoms with Crippen molar-refractivity contribution in [2.24, 2.45) is 0 Å². The molecule has 0 aromatic heterocycles. The van der Waals surface area contributed by atoms with Crippen LogP contribution in [0.4, 0.5) is 5.69 Å². The minimum absolute atomic E-state index is 0.332. The molecule has 0 saturated carbocycles. The molecule has 4 nitrogen and oxygen atoms in total. The Labute approximate surface area is 118 Å². The van der Waals surface area contributed by atoms with Gasteiger partial charge in [-0.05, 0) is 25.1 Å². The summed E-state index contributed by atoms with van der Waals surface area (Å²) in [5, 5.41) is 11.9. The summed E-state index contributed by atoms with van der Waals surface area (Å²) in [6.45, 7) is 2.29. The molecule has 0 unspecified atom stereocenters. The summed E-state index contributed by atoms with van der Waals surface area (Å²) in [4.78, 5) is 10.6. The highest BCUT2D eigenvalue weighted by atomic mass is 16.5. The van der Waals surface area contributed by atoms with Crippen LogP contribution in [0.25, 0.3) is 0 Å². The van der Waals surface area contributed by atoms with Gasteiger partial charge >= 0.3 is 5.97 Å². The van der Waals surface area contributed by atoms with Crippen molar-refractivity contribution in [2.45, 2.75) is 13.5 Å². The van der Waals surface area contributed by atoms with Crippen LogP contribution in [-0.2, 0) is 11.3 Å². The number of aliphatic carboxylic acids is 1. The fraction of sp³-hybridized carbons (Fsp3) is 0.188. The fourth-order valence-corrected chi connectivity index (χ4v) is 1.80. The first-order chi connectivity index (χ1) is 9.65. The maximum Gasteiger partial charge on any atom is 0.341 e. The molecule has 2 rings (SSSR count). The molecule has 2 aromatic carbocycles. The van der Waals surface area contributed by atoms with Crippen LogP contribution in [0.15, 0.2) is 48.5 Å². The fourth-order valence-electron chi connectivity index (χ4n) is 1.80. The van der Waals surface area contributed by atoms with Gasteiger partial charge in [-0.25, -0.2) is 4.79 Å². The van der Waals surface area contributed by atoms with Crippen molar-refractivity contribution in [3.05, 3.63) is 59.7 Å². The van der Waals surface area contributed by atoms with Gasteiger partial charge in [0.05, 0.1) is 0 Å². The maximum atomic E-state index is 10.6. The molecule has 0 fully saturated rings. The van der Waals surface area contributed by atoms with Gasteiger partial charge in [-0.2, -0.15) is 0 Å². The third-order valence-electron chi connectivity index (χ3n) is 2.86. The van der Waals surface area contributed by atoms with Gasteiger partial charge in [-0.3, -0.25) is 0 Å². The molecule has 2 N–H and O–H groups in total. The summed E-state index contributed by atoms with van der Waals surface area (Å²) in [6, 6.07) is 15.5. The van der Waals surface area contributed by atoms with E-state index in [-0.39, 0.29) is 6.61 Å². The van der Waals surface area contributed by atoms with E-state index in [1.165, 1.54) is 5.56 Å². The molecule has 104 valence electrons. The number of para-hydroxylation sites is 1. The van der Waals surface area contributed by atoms with Gasteiger partial charge in [0, 0.05) is 17.8 Å². The predicted octanol–water partition coefficient (Wildman–Crippen LogP) is 3.07. The van der Waals surface area contributed by atoms with Gasteiger partial charge in [0.15, 0.2) is 6.61 Å². The van der Waals surface area contributed by atoms with Crippen LogP contribution < -0.4 is 10.1 Å². The number of carboxylic acids is 1. The first-order valence-electron chi connectivity index (χ1n) is 6.38. The van der Waals surface area contributed by atoms with Crippen molar-refractivity contribution >= 4 is 11.7 Å². The third kappa shape index (κ3) is 4.02. The van der Waals surface area contributed by atoms with Crippen LogP contribution in [0.5, 0.6) is 5.75 Å². The topological polar surface area (TPSA) is 58.6 Å². The van der Waals surface area contributed by atoms with Crippen LogP contribution in [0.1, 0.15) is 11.1 Å². The smallest absolute Gasteiger partial charge is 0.341 e. The molecule has 2 aromatic rings. The molecule has 20 heavy (non-hydrogen) atoms. The van der Waals surface area contributed by atoms with Crippen molar-refractivity contribution in [2.75, 3.05) is 11.9 Å². The second kappa shape index (κ2) is 6.61. The van der Waals surface area contributed by atoms with E-state index in [0.29, 0.717) is 12.3 Å². The average molecular weight is 271 g/mol. The molecule has 0 spiro atoms. The molecule has 0 aliphatic carbocycles. The Morgan fingerprint density at radius 3 is 2.55 bits per heavy atom. The van der Waals surface area contributed by atoms with Crippen LogP contribution in [-0.4, -0.2) is 17.7 Å². The Kier molecular flexibility index (Phi) is 4.60. The summed E-state index contributed by atoms with van der Waals surface area (Å²) in [7, 11) is 0. The first-order valence-corrected chi connectivity index (χ1v) is 6.38. The van der Waals surface area contributed by atoms with Gasteiger partial charge < -0.3 is 15.2 Å². The van der Waals surface area contributed by atoms with E-state index in [9.17, 15) is 4.79 Å². The minimum Gasteiger partial charge on any atom is -0.482 e. The highest BCUT2D eigenvalue weighted by Gasteiger charge is 2.05. The maximum absolute atomic E-state index is 10.6. The molecule has 0 amide bonds. The van der Waals surface area contributed by atoms with Crippen molar-refractivity contribution in [3.63, 3.8) is 0 Å². The summed E-state index contributed by atoms with van der Waals surface area (Å²) in [5.74, 6) is -0.388. The third-order valence-corrected chi connectivity index (χ3v) is 2.86. The van der Waals surface area contributed by atoms with Crippen LogP contribution in [0.3, 0.4) is 0 Å². The first kappa shape index (κ1) is 13.9. The molecule has 0 atom stereocenters. The van der Waals surface area contributed by atoms with Gasteiger partial charge in [0.2, 0.25) is 0 Å². The molecule has 0 bridgehead atoms. The van der Waals surface area contributed by atoms with Crippen molar-refractivity contribution in [3.8, 4) is 5.75 Å². The zero-order valence-electron chi connectivity index (χ0n) is 11.3. The number of benzene rings is 2. The Hall–Kier alpha value is -2.49. The second-order valence-corrected chi connectivity index (χ2v) is 4.51. The van der Waals surface area contributed by atoms with Gasteiger partial charge in [-0.1, -0.05) is 35.9 Å². The van der Waals surface area contributed by atoms with E-state index in [2.05, 4.69) is 5.32 Å². The standard InChI is InChI=1S/C16H17NO3/c1-12-6-8-14(9-7-12)17-10-13-4-2-3-5-15(13)20-11-16(18)19/h2-9,17H,10-11H2,1H3,(H,18,19). The predicted molar refractivity (Wildman–Crippen MR) is 78.1 cm³/mol. The summed E-state index contributed by atoms with van der Waals surface area (Å²) in [5.41, 5.74) is 3.15. The number of carboxylic acid groups (broad SMARTS) is 1. The molecule has 4 heteroatoms. The van der Waals surface area contributed by atoms with Gasteiger partial charge in [0.1, 0.15) is 5.75 Å². The number of anilines is 1. The number of hydrogen-bond acceptors (Lipinski definition) is 3. The Morgan fingerprint density at radius 2 is 1.85 bits per heavy atom. The summed E-state index contributed by atoms with van der Waals surface area (Å²) < 4.78 is 5.27. The summed E-state index contributed by atoms with van der Waals surface area (Å²) >= 11 is 0. The molecule has 0 aliphatic rings. The zero-order valence-corrected chi connectivity index (χ0v) is 11.3. The second-order valence-electron chi connectivity index (χ2n) is 4.51. The number of nitrogens with one attached hydrogen (secondary N) is 1. The highest BCUT2D eigenvalue weighted by Crippen LogP contribution is 2.19. The molecular formula is C16H17NO3. The molecule has 0 saturated heterocycles. The number of ether oxygens (including phenoxy) is 1. The van der Waals surface area contributed by atoms with E-state index < -0.39 is 5.97 Å². The van der Waals surface area contributed by atoms with Crippen molar-refractivity contribution in [1.29, 1.82) is 0 Å². The number of carbonyl (C=O) groups is 1. The average Bonchev–Trinajstić information content (AvgIpc) is 2.45. The SMILES string of the molecule is Cc1ccc(NCc2ccccc2OCC(=O)O)cc1. The van der Waals surface area contributed by atoms with Gasteiger partial charge in [-0.15, -0.1) is 0 Å². The van der Waals surface area contributed by atoms with E-state index in [1.807, 2.05) is 49.4 Å². The lowest BCUT2D eigenvalue weighted by Gasteiger charge is -2.11. The molecular weight excluding hydrogens is 254 g/mol. The highest BCUT2D eigenvalue weighted by molar-refractivity contribution is 5.68. The van der Waals surface area contributed by atoms with Gasteiger partial charge in [0.25, 0.3) is 0 Å². The van der Waals surface area contributed by atoms with Crippen molar-refractivity contribution < 1.29 is 14.6 Å². The Balaban J connectivity index is 2.01. The normalized spacial score (nSPS) is 10.1. The van der Waals surface area contributed by atoms with Crippen LogP contribution in [0, 0.1) is 6.92 Å². The Bertz CT molecular complexity index is 579. The monoisotopic (exact) mass is 271 g/mol. The van der Waals surface area contributed by atoms with E-state index in [0.717, 1.165) is 11.3 Å². The number of hydrogen-bond donors (Lipinski definition) is 2. The zero-order chi connectivity index (χ0) is 14.4. The lowest BCUT2D eigenvalue weighted by molar-refractivity contribution is -0.139. The van der Waals surface area contributed by atoms with Crippen LogP contribution in [0.2, 0.25) is 0 Å². The lowest BCUT2D eigenvalue weighted by atomic mass is 10.2. The van der Waals surface area contributed by atoms with E-state index in [4.69, 9.17) is 9.84 Å². The van der Waals surface area contributed by atoms with Crippen LogP contribution >= 0.6 is 0 Å². The van der Waals surface area contributed by atoms with E-state index >= 15 is 0 Å². The largest absolute Gasteiger partial charge is 0.482 e. The molecule has 0 aliphatic heterocycles. The molecule has 0 radical (unpaired) electrons. The van der Waals surface area contributed by atoms with Crippen molar-refractivity contribution in [1.82, 2.24) is 0 Å². The number of rotatable bonds is 6. The van der Waals surface area contributed by atoms with E-state index in [1.54, 1.807) is 6.07 Å².